The third kappa shape index (κ3) is 5.81. The van der Waals surface area contributed by atoms with Gasteiger partial charge in [-0.1, -0.05) is 48.0 Å². The zero-order valence-corrected chi connectivity index (χ0v) is 17.6. The van der Waals surface area contributed by atoms with Crippen LogP contribution in [0.5, 0.6) is 0 Å². The van der Waals surface area contributed by atoms with Crippen molar-refractivity contribution in [1.82, 2.24) is 4.90 Å². The molecule has 0 atom stereocenters. The molecule has 2 aromatic rings. The lowest BCUT2D eigenvalue weighted by Crippen LogP contribution is -2.41. The lowest BCUT2D eigenvalue weighted by atomic mass is 9.92. The van der Waals surface area contributed by atoms with Crippen LogP contribution >= 0.6 is 0 Å². The maximum Gasteiger partial charge on any atom is 0.410 e. The van der Waals surface area contributed by atoms with Crippen LogP contribution in [0.4, 0.5) is 4.79 Å². The number of carbonyl (C=O) groups is 1. The van der Waals surface area contributed by atoms with Crippen molar-refractivity contribution in [2.45, 2.75) is 56.3 Å². The van der Waals surface area contributed by atoms with Gasteiger partial charge in [-0.05, 0) is 50.3 Å². The predicted octanol–water partition coefficient (Wildman–Crippen LogP) is 4.28. The minimum atomic E-state index is -3.78. The summed E-state index contributed by atoms with van der Waals surface area (Å²) in [5.74, 6) is 0. The molecule has 0 bridgehead atoms. The van der Waals surface area contributed by atoms with E-state index in [2.05, 4.69) is 0 Å². The van der Waals surface area contributed by atoms with E-state index in [1.807, 2.05) is 37.3 Å². The Morgan fingerprint density at radius 1 is 1.00 bits per heavy atom. The number of carbonyl (C=O) groups excluding carboxylic acids is 1. The van der Waals surface area contributed by atoms with Crippen molar-refractivity contribution in [1.29, 1.82) is 0 Å². The van der Waals surface area contributed by atoms with Gasteiger partial charge in [0.1, 0.15) is 6.61 Å². The molecule has 1 aliphatic rings. The molecule has 0 aliphatic heterocycles. The lowest BCUT2D eigenvalue weighted by Gasteiger charge is -2.33. The van der Waals surface area contributed by atoms with Gasteiger partial charge in [-0.2, -0.15) is 8.42 Å². The zero-order chi connectivity index (χ0) is 20.9. The highest BCUT2D eigenvalue weighted by molar-refractivity contribution is 7.86. The Balaban J connectivity index is 1.48. The molecule has 1 fully saturated rings. The second-order valence-corrected chi connectivity index (χ2v) is 9.02. The molecule has 0 N–H and O–H groups in total. The minimum absolute atomic E-state index is 0.0141. The fourth-order valence-corrected chi connectivity index (χ4v) is 4.57. The van der Waals surface area contributed by atoms with Crippen molar-refractivity contribution in [3.05, 3.63) is 65.7 Å². The summed E-state index contributed by atoms with van der Waals surface area (Å²) in [5.41, 5.74) is 1.93. The monoisotopic (exact) mass is 417 g/mol. The number of hydrogen-bond donors (Lipinski definition) is 0. The first kappa shape index (κ1) is 21.3. The number of amides is 1. The number of hydrogen-bond acceptors (Lipinski definition) is 5. The van der Waals surface area contributed by atoms with Crippen LogP contribution in [-0.4, -0.2) is 38.6 Å². The van der Waals surface area contributed by atoms with E-state index in [-0.39, 0.29) is 29.7 Å². The van der Waals surface area contributed by atoms with Crippen molar-refractivity contribution in [2.24, 2.45) is 0 Å². The summed E-state index contributed by atoms with van der Waals surface area (Å²) in [6.07, 6.45) is 1.76. The summed E-state index contributed by atoms with van der Waals surface area (Å²) in [6.45, 7) is 2.14. The summed E-state index contributed by atoms with van der Waals surface area (Å²) in [7, 11) is -2.05. The first-order chi connectivity index (χ1) is 13.8. The van der Waals surface area contributed by atoms with Gasteiger partial charge in [0.2, 0.25) is 0 Å². The third-order valence-corrected chi connectivity index (χ3v) is 6.63. The Hall–Kier alpha value is -2.38. The molecule has 0 saturated heterocycles. The number of ether oxygens (including phenoxy) is 1. The Labute approximate surface area is 172 Å². The second kappa shape index (κ2) is 9.41. The summed E-state index contributed by atoms with van der Waals surface area (Å²) in [4.78, 5) is 14.1. The van der Waals surface area contributed by atoms with E-state index in [0.29, 0.717) is 25.7 Å². The van der Waals surface area contributed by atoms with Crippen molar-refractivity contribution in [3.8, 4) is 0 Å². The fraction of sp³-hybridized carbons (Fsp3) is 0.409. The molecule has 0 heterocycles. The molecule has 1 saturated carbocycles. The van der Waals surface area contributed by atoms with Gasteiger partial charge >= 0.3 is 6.09 Å². The molecule has 29 heavy (non-hydrogen) atoms. The topological polar surface area (TPSA) is 72.9 Å². The molecule has 0 radical (unpaired) electrons. The van der Waals surface area contributed by atoms with Crippen molar-refractivity contribution < 1.29 is 22.1 Å². The third-order valence-electron chi connectivity index (χ3n) is 5.26. The lowest BCUT2D eigenvalue weighted by molar-refractivity contribution is 0.0674. The van der Waals surface area contributed by atoms with E-state index in [1.54, 1.807) is 36.2 Å². The Morgan fingerprint density at radius 2 is 1.62 bits per heavy atom. The van der Waals surface area contributed by atoms with E-state index < -0.39 is 10.1 Å². The van der Waals surface area contributed by atoms with Crippen molar-refractivity contribution >= 4 is 16.2 Å². The predicted molar refractivity (Wildman–Crippen MR) is 110 cm³/mol. The molecule has 0 unspecified atom stereocenters. The molecule has 156 valence electrons. The Morgan fingerprint density at radius 3 is 2.24 bits per heavy atom. The van der Waals surface area contributed by atoms with E-state index >= 15 is 0 Å². The van der Waals surface area contributed by atoms with Crippen LogP contribution in [0.3, 0.4) is 0 Å². The summed E-state index contributed by atoms with van der Waals surface area (Å²) in [6, 6.07) is 16.2. The van der Waals surface area contributed by atoms with E-state index in [1.165, 1.54) is 0 Å². The average molecular weight is 418 g/mol. The highest BCUT2D eigenvalue weighted by atomic mass is 32.2. The average Bonchev–Trinajstić information content (AvgIpc) is 2.73. The number of nitrogens with zero attached hydrogens (tertiary/aromatic N) is 1. The highest BCUT2D eigenvalue weighted by Crippen LogP contribution is 2.28. The molecule has 0 aromatic heterocycles. The number of aryl methyl sites for hydroxylation is 1. The molecule has 0 spiro atoms. The van der Waals surface area contributed by atoms with E-state index in [9.17, 15) is 13.2 Å². The van der Waals surface area contributed by atoms with Crippen LogP contribution in [0, 0.1) is 6.92 Å². The summed E-state index contributed by atoms with van der Waals surface area (Å²) >= 11 is 0. The molecular formula is C22H27NO5S. The summed E-state index contributed by atoms with van der Waals surface area (Å²) in [5, 5.41) is 0. The molecular weight excluding hydrogens is 390 g/mol. The van der Waals surface area contributed by atoms with Crippen LogP contribution in [0.15, 0.2) is 59.5 Å². The largest absolute Gasteiger partial charge is 0.445 e. The van der Waals surface area contributed by atoms with Crippen LogP contribution in [-0.2, 0) is 25.6 Å². The maximum atomic E-state index is 12.4. The van der Waals surface area contributed by atoms with Crippen LogP contribution in [0.25, 0.3) is 0 Å². The van der Waals surface area contributed by atoms with Gasteiger partial charge in [0.15, 0.2) is 0 Å². The van der Waals surface area contributed by atoms with Crippen LogP contribution in [0.2, 0.25) is 0 Å². The van der Waals surface area contributed by atoms with Crippen LogP contribution < -0.4 is 0 Å². The number of benzene rings is 2. The van der Waals surface area contributed by atoms with Gasteiger partial charge in [-0.15, -0.1) is 0 Å². The zero-order valence-electron chi connectivity index (χ0n) is 16.8. The van der Waals surface area contributed by atoms with Gasteiger partial charge in [-0.25, -0.2) is 4.79 Å². The normalized spacial score (nSPS) is 19.5. The van der Waals surface area contributed by atoms with E-state index in [0.717, 1.165) is 11.1 Å². The first-order valence-electron chi connectivity index (χ1n) is 9.78. The van der Waals surface area contributed by atoms with Gasteiger partial charge in [-0.3, -0.25) is 4.18 Å². The highest BCUT2D eigenvalue weighted by Gasteiger charge is 2.30. The van der Waals surface area contributed by atoms with Gasteiger partial charge in [0.25, 0.3) is 10.1 Å². The molecule has 1 amide bonds. The second-order valence-electron chi connectivity index (χ2n) is 7.45. The quantitative estimate of drug-likeness (QED) is 0.656. The van der Waals surface area contributed by atoms with Gasteiger partial charge in [0, 0.05) is 13.1 Å². The molecule has 6 nitrogen and oxygen atoms in total. The Bertz CT molecular complexity index is 904. The smallest absolute Gasteiger partial charge is 0.410 e. The first-order valence-corrected chi connectivity index (χ1v) is 11.2. The van der Waals surface area contributed by atoms with Gasteiger partial charge in [0.05, 0.1) is 11.0 Å². The fourth-order valence-electron chi connectivity index (χ4n) is 3.44. The molecule has 1 aliphatic carbocycles. The number of rotatable bonds is 6. The molecule has 2 aromatic carbocycles. The van der Waals surface area contributed by atoms with E-state index in [4.69, 9.17) is 8.92 Å². The summed E-state index contributed by atoms with van der Waals surface area (Å²) < 4.78 is 35.7. The standard InChI is InChI=1S/C22H27NO5S/c1-17-8-14-21(15-9-17)29(25,26)28-20-12-10-19(11-13-20)23(2)22(24)27-16-18-6-4-3-5-7-18/h3-9,14-15,19-20H,10-13,16H2,1-2H3. The van der Waals surface area contributed by atoms with Crippen molar-refractivity contribution in [3.63, 3.8) is 0 Å². The Kier molecular flexibility index (Phi) is 6.92. The maximum absolute atomic E-state index is 12.4. The van der Waals surface area contributed by atoms with Gasteiger partial charge < -0.3 is 9.64 Å². The molecule has 7 heteroatoms. The minimum Gasteiger partial charge on any atom is -0.445 e. The van der Waals surface area contributed by atoms with Crippen molar-refractivity contribution in [2.75, 3.05) is 7.05 Å². The van der Waals surface area contributed by atoms with Crippen LogP contribution in [0.1, 0.15) is 36.8 Å². The molecule has 3 rings (SSSR count). The SMILES string of the molecule is Cc1ccc(S(=O)(=O)OC2CCC(N(C)C(=O)OCc3ccccc3)CC2)cc1.